The fraction of sp³-hybridized carbons (Fsp3) is 0.667. The van der Waals surface area contributed by atoms with Crippen LogP contribution < -0.4 is 0 Å². The standard InChI is InChI=1S/C18H28N4O4S2/c1-3-20-6-8-21(9-7-20)18(23)15(2)27-17-5-4-16(14-19-17)28(24,25)22-10-12-26-13-11-22/h4-5,14-15H,3,6-13H2,1-2H3. The summed E-state index contributed by atoms with van der Waals surface area (Å²) in [5.41, 5.74) is 0. The van der Waals surface area contributed by atoms with E-state index in [9.17, 15) is 13.2 Å². The maximum atomic E-state index is 12.7. The van der Waals surface area contributed by atoms with Crippen LogP contribution in [0.4, 0.5) is 0 Å². The quantitative estimate of drug-likeness (QED) is 0.618. The van der Waals surface area contributed by atoms with Crippen molar-refractivity contribution in [3.8, 4) is 0 Å². The van der Waals surface area contributed by atoms with Gasteiger partial charge in [-0.3, -0.25) is 4.79 Å². The zero-order valence-electron chi connectivity index (χ0n) is 16.4. The Balaban J connectivity index is 1.58. The van der Waals surface area contributed by atoms with Crippen LogP contribution in [0.25, 0.3) is 0 Å². The molecule has 1 unspecified atom stereocenters. The number of likely N-dealkylation sites (N-methyl/N-ethyl adjacent to an activating group) is 1. The molecule has 1 atom stereocenters. The number of thioether (sulfide) groups is 1. The fourth-order valence-electron chi connectivity index (χ4n) is 3.30. The number of morpholine rings is 1. The van der Waals surface area contributed by atoms with E-state index >= 15 is 0 Å². The number of aromatic nitrogens is 1. The Morgan fingerprint density at radius 1 is 1.18 bits per heavy atom. The van der Waals surface area contributed by atoms with Gasteiger partial charge in [-0.25, -0.2) is 13.4 Å². The molecule has 1 aromatic heterocycles. The zero-order chi connectivity index (χ0) is 20.1. The number of amides is 1. The van der Waals surface area contributed by atoms with Gasteiger partial charge in [0.25, 0.3) is 0 Å². The Kier molecular flexibility index (Phi) is 7.32. The summed E-state index contributed by atoms with van der Waals surface area (Å²) in [4.78, 5) is 21.4. The summed E-state index contributed by atoms with van der Waals surface area (Å²) in [6.07, 6.45) is 1.38. The average Bonchev–Trinajstić information content (AvgIpc) is 2.74. The molecule has 1 amide bonds. The summed E-state index contributed by atoms with van der Waals surface area (Å²) in [6.45, 7) is 9.87. The number of sulfonamides is 1. The molecule has 1 aromatic rings. The second kappa shape index (κ2) is 9.53. The summed E-state index contributed by atoms with van der Waals surface area (Å²) in [6, 6.07) is 3.24. The molecule has 3 rings (SSSR count). The van der Waals surface area contributed by atoms with Crippen LogP contribution in [0.3, 0.4) is 0 Å². The molecular formula is C18H28N4O4S2. The number of piperazine rings is 1. The second-order valence-corrected chi connectivity index (χ2v) is 10.2. The Hall–Kier alpha value is -1.20. The van der Waals surface area contributed by atoms with Gasteiger partial charge in [-0.2, -0.15) is 4.31 Å². The Labute approximate surface area is 171 Å². The van der Waals surface area contributed by atoms with E-state index in [4.69, 9.17) is 4.74 Å². The van der Waals surface area contributed by atoms with Crippen molar-refractivity contribution in [2.24, 2.45) is 0 Å². The van der Waals surface area contributed by atoms with E-state index in [0.29, 0.717) is 31.3 Å². The van der Waals surface area contributed by atoms with Gasteiger partial charge >= 0.3 is 0 Å². The molecule has 28 heavy (non-hydrogen) atoms. The highest BCUT2D eigenvalue weighted by Gasteiger charge is 2.28. The van der Waals surface area contributed by atoms with Crippen LogP contribution in [0.5, 0.6) is 0 Å². The van der Waals surface area contributed by atoms with Gasteiger partial charge in [0, 0.05) is 45.5 Å². The highest BCUT2D eigenvalue weighted by atomic mass is 32.2. The lowest BCUT2D eigenvalue weighted by atomic mass is 10.3. The van der Waals surface area contributed by atoms with Crippen molar-refractivity contribution < 1.29 is 17.9 Å². The van der Waals surface area contributed by atoms with Crippen LogP contribution in [0, 0.1) is 0 Å². The molecule has 0 aromatic carbocycles. The van der Waals surface area contributed by atoms with Crippen molar-refractivity contribution in [1.29, 1.82) is 0 Å². The number of rotatable bonds is 6. The van der Waals surface area contributed by atoms with Gasteiger partial charge in [0.15, 0.2) is 0 Å². The number of ether oxygens (including phenoxy) is 1. The molecule has 0 N–H and O–H groups in total. The van der Waals surface area contributed by atoms with E-state index in [1.165, 1.54) is 22.3 Å². The van der Waals surface area contributed by atoms with E-state index in [2.05, 4.69) is 16.8 Å². The molecule has 0 spiro atoms. The van der Waals surface area contributed by atoms with Gasteiger partial charge in [-0.05, 0) is 25.6 Å². The number of hydrogen-bond acceptors (Lipinski definition) is 7. The first-order valence-corrected chi connectivity index (χ1v) is 12.0. The molecule has 0 bridgehead atoms. The lowest BCUT2D eigenvalue weighted by Crippen LogP contribution is -2.50. The molecule has 2 saturated heterocycles. The van der Waals surface area contributed by atoms with E-state index < -0.39 is 10.0 Å². The molecule has 3 heterocycles. The maximum absolute atomic E-state index is 12.7. The van der Waals surface area contributed by atoms with Crippen molar-refractivity contribution in [3.05, 3.63) is 18.3 Å². The molecule has 10 heteroatoms. The van der Waals surface area contributed by atoms with Crippen LogP contribution in [0.1, 0.15) is 13.8 Å². The Morgan fingerprint density at radius 2 is 1.86 bits per heavy atom. The molecule has 8 nitrogen and oxygen atoms in total. The van der Waals surface area contributed by atoms with Crippen LogP contribution in [0.2, 0.25) is 0 Å². The molecule has 0 saturated carbocycles. The first-order chi connectivity index (χ1) is 13.4. The van der Waals surface area contributed by atoms with Crippen molar-refractivity contribution >= 4 is 27.7 Å². The SMILES string of the molecule is CCN1CCN(C(=O)C(C)Sc2ccc(S(=O)(=O)N3CCOCC3)cn2)CC1. The van der Waals surface area contributed by atoms with Gasteiger partial charge < -0.3 is 14.5 Å². The maximum Gasteiger partial charge on any atom is 0.244 e. The van der Waals surface area contributed by atoms with Gasteiger partial charge in [0.1, 0.15) is 4.90 Å². The van der Waals surface area contributed by atoms with Crippen LogP contribution in [-0.4, -0.2) is 97.7 Å². The van der Waals surface area contributed by atoms with Gasteiger partial charge in [0.05, 0.1) is 23.5 Å². The van der Waals surface area contributed by atoms with Crippen molar-refractivity contribution in [3.63, 3.8) is 0 Å². The first kappa shape index (κ1) is 21.5. The van der Waals surface area contributed by atoms with E-state index in [-0.39, 0.29) is 16.1 Å². The lowest BCUT2D eigenvalue weighted by molar-refractivity contribution is -0.132. The Morgan fingerprint density at radius 3 is 2.43 bits per heavy atom. The largest absolute Gasteiger partial charge is 0.379 e. The summed E-state index contributed by atoms with van der Waals surface area (Å²) >= 11 is 1.36. The number of carbonyl (C=O) groups excluding carboxylic acids is 1. The van der Waals surface area contributed by atoms with Crippen molar-refractivity contribution in [2.45, 2.75) is 29.0 Å². The molecule has 0 aliphatic carbocycles. The van der Waals surface area contributed by atoms with E-state index in [1.54, 1.807) is 12.1 Å². The normalized spacial score (nSPS) is 20.9. The average molecular weight is 429 g/mol. The molecule has 2 aliphatic heterocycles. The van der Waals surface area contributed by atoms with Crippen LogP contribution in [-0.2, 0) is 19.6 Å². The number of pyridine rings is 1. The second-order valence-electron chi connectivity index (χ2n) is 6.87. The summed E-state index contributed by atoms with van der Waals surface area (Å²) in [5, 5.41) is 0.386. The van der Waals surface area contributed by atoms with E-state index in [0.717, 1.165) is 32.7 Å². The van der Waals surface area contributed by atoms with E-state index in [1.807, 2.05) is 11.8 Å². The first-order valence-electron chi connectivity index (χ1n) is 9.63. The molecule has 0 radical (unpaired) electrons. The lowest BCUT2D eigenvalue weighted by Gasteiger charge is -2.35. The molecular weight excluding hydrogens is 400 g/mol. The van der Waals surface area contributed by atoms with Crippen LogP contribution >= 0.6 is 11.8 Å². The summed E-state index contributed by atoms with van der Waals surface area (Å²) in [5.74, 6) is 0.104. The van der Waals surface area contributed by atoms with Crippen molar-refractivity contribution in [1.82, 2.24) is 19.1 Å². The molecule has 2 aliphatic rings. The monoisotopic (exact) mass is 428 g/mol. The minimum atomic E-state index is -3.55. The third-order valence-corrected chi connectivity index (χ3v) is 8.01. The highest BCUT2D eigenvalue weighted by Crippen LogP contribution is 2.25. The number of hydrogen-bond donors (Lipinski definition) is 0. The van der Waals surface area contributed by atoms with Gasteiger partial charge in [0.2, 0.25) is 15.9 Å². The van der Waals surface area contributed by atoms with Gasteiger partial charge in [-0.1, -0.05) is 18.7 Å². The van der Waals surface area contributed by atoms with Gasteiger partial charge in [-0.15, -0.1) is 0 Å². The highest BCUT2D eigenvalue weighted by molar-refractivity contribution is 8.00. The predicted molar refractivity (Wildman–Crippen MR) is 108 cm³/mol. The minimum absolute atomic E-state index is 0.104. The minimum Gasteiger partial charge on any atom is -0.379 e. The number of nitrogens with zero attached hydrogens (tertiary/aromatic N) is 4. The predicted octanol–water partition coefficient (Wildman–Crippen LogP) is 0.747. The molecule has 156 valence electrons. The smallest absolute Gasteiger partial charge is 0.244 e. The third kappa shape index (κ3) is 5.04. The Bertz CT molecular complexity index is 758. The topological polar surface area (TPSA) is 83.1 Å². The third-order valence-electron chi connectivity index (χ3n) is 5.09. The van der Waals surface area contributed by atoms with Crippen LogP contribution in [0.15, 0.2) is 28.3 Å². The molecule has 2 fully saturated rings. The fourth-order valence-corrected chi connectivity index (χ4v) is 5.52. The summed E-state index contributed by atoms with van der Waals surface area (Å²) < 4.78 is 31.9. The summed E-state index contributed by atoms with van der Waals surface area (Å²) in [7, 11) is -3.55. The van der Waals surface area contributed by atoms with Crippen molar-refractivity contribution in [2.75, 3.05) is 59.0 Å². The zero-order valence-corrected chi connectivity index (χ0v) is 18.0. The number of carbonyl (C=O) groups is 1.